The summed E-state index contributed by atoms with van der Waals surface area (Å²) in [6.45, 7) is 4.16. The van der Waals surface area contributed by atoms with Crippen LogP contribution < -0.4 is 9.97 Å². The first-order valence-electron chi connectivity index (χ1n) is 19.6. The van der Waals surface area contributed by atoms with E-state index in [1.807, 2.05) is 0 Å². The van der Waals surface area contributed by atoms with Crippen LogP contribution in [0, 0.1) is 0 Å². The van der Waals surface area contributed by atoms with Gasteiger partial charge in [-0.3, -0.25) is 9.59 Å². The molecule has 0 unspecified atom stereocenters. The second-order valence-corrected chi connectivity index (χ2v) is 15.4. The van der Waals surface area contributed by atoms with Gasteiger partial charge < -0.3 is 19.4 Å². The van der Waals surface area contributed by atoms with Gasteiger partial charge in [0.05, 0.1) is 37.0 Å². The van der Waals surface area contributed by atoms with Gasteiger partial charge >= 0.3 is 29.0 Å². The zero-order valence-electron chi connectivity index (χ0n) is 32.8. The molecule has 5 heterocycles. The molecule has 8 bridgehead atoms. The molecule has 8 nitrogen and oxygen atoms in total. The van der Waals surface area contributed by atoms with Gasteiger partial charge in [-0.1, -0.05) is 97.1 Å². The molecule has 0 fully saturated rings. The second kappa shape index (κ2) is 13.8. The van der Waals surface area contributed by atoms with Gasteiger partial charge in [0, 0.05) is 12.8 Å². The van der Waals surface area contributed by atoms with Gasteiger partial charge in [-0.05, 0) is 115 Å². The number of esters is 2. The van der Waals surface area contributed by atoms with Gasteiger partial charge in [-0.2, -0.15) is 0 Å². The molecule has 9 heteroatoms. The molecule has 0 saturated heterocycles. The Morgan fingerprint density at radius 3 is 1.15 bits per heavy atom. The van der Waals surface area contributed by atoms with Crippen LogP contribution in [-0.4, -0.2) is 36.1 Å². The Bertz CT molecular complexity index is 3070. The van der Waals surface area contributed by atoms with Crippen LogP contribution in [0.3, 0.4) is 0 Å². The van der Waals surface area contributed by atoms with Crippen molar-refractivity contribution >= 4 is 77.8 Å². The van der Waals surface area contributed by atoms with Crippen molar-refractivity contribution < 1.29 is 36.1 Å². The minimum Gasteiger partial charge on any atom is -0.657 e. The Kier molecular flexibility index (Phi) is 8.60. The van der Waals surface area contributed by atoms with Crippen molar-refractivity contribution in [2.45, 2.75) is 39.5 Å². The maximum Gasteiger partial charge on any atom is 2.00 e. The molecule has 0 N–H and O–H groups in total. The number of carbonyl (C=O) groups is 2. The number of carbonyl (C=O) groups excluding carboxylic acids is 2. The summed E-state index contributed by atoms with van der Waals surface area (Å²) in [7, 11) is 2.85. The summed E-state index contributed by atoms with van der Waals surface area (Å²) >= 11 is 0. The van der Waals surface area contributed by atoms with Gasteiger partial charge in [-0.15, -0.1) is 22.1 Å². The van der Waals surface area contributed by atoms with Crippen molar-refractivity contribution in [3.8, 4) is 44.5 Å². The molecule has 7 aromatic rings. The van der Waals surface area contributed by atoms with Crippen LogP contribution in [0.2, 0.25) is 0 Å². The normalized spacial score (nSPS) is 13.2. The average molecular weight is 820 g/mol. The average Bonchev–Trinajstić information content (AvgIpc) is 4.06. The number of hydrogen-bond acceptors (Lipinski definition) is 6. The number of rotatable bonds is 6. The van der Waals surface area contributed by atoms with E-state index in [0.717, 1.165) is 117 Å². The molecule has 291 valence electrons. The molecule has 4 aliphatic rings. The third-order valence-electron chi connectivity index (χ3n) is 12.4. The van der Waals surface area contributed by atoms with E-state index in [-0.39, 0.29) is 41.8 Å². The maximum absolute atomic E-state index is 12.6. The van der Waals surface area contributed by atoms with Crippen LogP contribution in [0.5, 0.6) is 0 Å². The van der Waals surface area contributed by atoms with E-state index >= 15 is 0 Å². The summed E-state index contributed by atoms with van der Waals surface area (Å²) in [6, 6.07) is 34.1. The van der Waals surface area contributed by atoms with Crippen LogP contribution in [0.4, 0.5) is 0 Å². The zero-order chi connectivity index (χ0) is 39.4. The maximum atomic E-state index is 12.6. The summed E-state index contributed by atoms with van der Waals surface area (Å²) in [4.78, 5) is 46.5. The fourth-order valence-electron chi connectivity index (χ4n) is 9.60. The first-order valence-corrected chi connectivity index (χ1v) is 19.6. The SMILES string of the molecule is COC(=O)CCC1=C(C)c2cc3[n-]c(cc4nc(cc5[n-]c(cc1n2)c1c5-c2cccc5cccc-1c25)C(CCC(=O)OC)=C4C)c1c3-c2cccc3cccc-1c23.[Cu+2]. The Hall–Kier alpha value is -6.54. The monoisotopic (exact) mass is 819 g/mol. The van der Waals surface area contributed by atoms with E-state index in [0.29, 0.717) is 12.8 Å². The number of nitrogens with zero attached hydrogens (tertiary/aromatic N) is 4. The van der Waals surface area contributed by atoms with Crippen LogP contribution >= 0.6 is 0 Å². The van der Waals surface area contributed by atoms with Crippen LogP contribution in [0.1, 0.15) is 62.3 Å². The van der Waals surface area contributed by atoms with Crippen molar-refractivity contribution in [1.29, 1.82) is 0 Å². The van der Waals surface area contributed by atoms with Crippen molar-refractivity contribution in [2.75, 3.05) is 14.2 Å². The molecule has 59 heavy (non-hydrogen) atoms. The minimum atomic E-state index is -0.275. The number of allylic oxidation sites excluding steroid dienone is 4. The number of hydrogen-bond donors (Lipinski definition) is 0. The van der Waals surface area contributed by atoms with Gasteiger partial charge in [0.15, 0.2) is 0 Å². The van der Waals surface area contributed by atoms with Crippen molar-refractivity contribution in [2.24, 2.45) is 0 Å². The fourth-order valence-corrected chi connectivity index (χ4v) is 9.60. The predicted octanol–water partition coefficient (Wildman–Crippen LogP) is 10.9. The number of fused-ring (bicyclic) bond motifs is 18. The summed E-state index contributed by atoms with van der Waals surface area (Å²) in [5, 5.41) is 4.73. The van der Waals surface area contributed by atoms with Crippen LogP contribution in [0.25, 0.3) is 110 Å². The Morgan fingerprint density at radius 1 is 0.508 bits per heavy atom. The molecular weight excluding hydrogens is 784 g/mol. The molecule has 2 aliphatic carbocycles. The molecule has 0 spiro atoms. The van der Waals surface area contributed by atoms with Crippen LogP contribution in [0.15, 0.2) is 97.1 Å². The van der Waals surface area contributed by atoms with E-state index in [1.54, 1.807) is 0 Å². The van der Waals surface area contributed by atoms with E-state index in [1.165, 1.54) is 30.4 Å². The van der Waals surface area contributed by atoms with Crippen molar-refractivity contribution in [3.63, 3.8) is 0 Å². The van der Waals surface area contributed by atoms with Gasteiger partial charge in [0.1, 0.15) is 0 Å². The molecule has 4 aromatic carbocycles. The summed E-state index contributed by atoms with van der Waals surface area (Å²) in [5.74, 6) is -0.550. The van der Waals surface area contributed by atoms with Gasteiger partial charge in [0.2, 0.25) is 0 Å². The number of aromatic nitrogens is 4. The minimum absolute atomic E-state index is 0. The van der Waals surface area contributed by atoms with E-state index in [9.17, 15) is 9.59 Å². The molecule has 0 atom stereocenters. The van der Waals surface area contributed by atoms with Gasteiger partial charge in [-0.25, -0.2) is 9.97 Å². The smallest absolute Gasteiger partial charge is 0.657 e. The van der Waals surface area contributed by atoms with Gasteiger partial charge in [0.25, 0.3) is 0 Å². The standard InChI is InChI=1S/C50H36N4O4.Cu/c1-25-29(17-19-43(55)57-3)37-23-41-49-33-15-7-11-28-12-8-16-34(46(28)33)50(49)42(54-41)24-38-30(18-20-44(56)58-4)26(2)36(52-38)22-40-48-32-14-6-10-27-9-5-13-31(45(27)32)47(48)39(53-40)21-35(25)51-37;/h5-16,21-24H,17-20H2,1-4H3;/q-2;+2. The zero-order valence-corrected chi connectivity index (χ0v) is 33.7. The third kappa shape index (κ3) is 5.49. The number of methoxy groups -OCH3 is 2. The van der Waals surface area contributed by atoms with Crippen molar-refractivity contribution in [1.82, 2.24) is 19.9 Å². The topological polar surface area (TPSA) is 107 Å². The summed E-state index contributed by atoms with van der Waals surface area (Å²) in [5.41, 5.74) is 19.0. The first kappa shape index (κ1) is 36.8. The Labute approximate surface area is 350 Å². The molecule has 11 rings (SSSR count). The quantitative estimate of drug-likeness (QED) is 0.121. The van der Waals surface area contributed by atoms with E-state index in [2.05, 4.69) is 111 Å². The van der Waals surface area contributed by atoms with E-state index < -0.39 is 0 Å². The largest absolute Gasteiger partial charge is 2.00 e. The molecule has 2 aliphatic heterocycles. The fraction of sp³-hybridized carbons (Fsp3) is 0.160. The second-order valence-electron chi connectivity index (χ2n) is 15.4. The third-order valence-corrected chi connectivity index (χ3v) is 12.4. The Balaban J connectivity index is 0.00000420. The number of ether oxygens (including phenoxy) is 2. The molecule has 0 amide bonds. The summed E-state index contributed by atoms with van der Waals surface area (Å²) < 4.78 is 10.2. The first-order chi connectivity index (χ1) is 28.3. The Morgan fingerprint density at radius 2 is 0.831 bits per heavy atom. The van der Waals surface area contributed by atoms with Crippen molar-refractivity contribution in [3.05, 3.63) is 120 Å². The number of benzene rings is 4. The molecular formula is C50H36CuN4O4. The molecule has 0 saturated carbocycles. The van der Waals surface area contributed by atoms with Crippen LogP contribution in [-0.2, 0) is 36.1 Å². The summed E-state index contributed by atoms with van der Waals surface area (Å²) in [6.07, 6.45) is 1.36. The van der Waals surface area contributed by atoms with E-state index in [4.69, 9.17) is 29.4 Å². The molecule has 3 aromatic heterocycles. The predicted molar refractivity (Wildman–Crippen MR) is 230 cm³/mol. The molecule has 1 radical (unpaired) electrons.